The van der Waals surface area contributed by atoms with E-state index >= 15 is 0 Å². The van der Waals surface area contributed by atoms with Crippen LogP contribution in [-0.4, -0.2) is 24.3 Å². The van der Waals surface area contributed by atoms with Crippen molar-refractivity contribution in [2.45, 2.75) is 64.1 Å². The van der Waals surface area contributed by atoms with Gasteiger partial charge in [0, 0.05) is 12.6 Å². The van der Waals surface area contributed by atoms with Crippen molar-refractivity contribution >= 4 is 0 Å². The Morgan fingerprint density at radius 1 is 1.53 bits per heavy atom. The molecule has 0 aromatic rings. The van der Waals surface area contributed by atoms with Crippen LogP contribution in [0.25, 0.3) is 0 Å². The van der Waals surface area contributed by atoms with Gasteiger partial charge in [0.25, 0.3) is 0 Å². The number of hydrogen-bond donors (Lipinski definition) is 1. The van der Waals surface area contributed by atoms with Crippen LogP contribution in [0.4, 0.5) is 0 Å². The quantitative estimate of drug-likeness (QED) is 0.774. The van der Waals surface area contributed by atoms with Crippen molar-refractivity contribution in [2.24, 2.45) is 0 Å². The summed E-state index contributed by atoms with van der Waals surface area (Å²) in [5.74, 6) is 0. The highest BCUT2D eigenvalue weighted by Crippen LogP contribution is 2.31. The Balaban J connectivity index is 2.52. The second kappa shape index (κ2) is 5.48. The lowest BCUT2D eigenvalue weighted by molar-refractivity contribution is -0.0934. The van der Waals surface area contributed by atoms with Gasteiger partial charge in [-0.3, -0.25) is 5.32 Å². The molecule has 2 unspecified atom stereocenters. The zero-order chi connectivity index (χ0) is 11.3. The molecule has 0 aliphatic carbocycles. The molecule has 1 saturated heterocycles. The second-order valence-corrected chi connectivity index (χ2v) is 4.45. The third kappa shape index (κ3) is 3.19. The fourth-order valence-corrected chi connectivity index (χ4v) is 2.30. The van der Waals surface area contributed by atoms with Crippen LogP contribution in [-0.2, 0) is 4.74 Å². The van der Waals surface area contributed by atoms with Gasteiger partial charge in [-0.25, -0.2) is 0 Å². The van der Waals surface area contributed by atoms with Crippen LogP contribution in [0, 0.1) is 11.3 Å². The van der Waals surface area contributed by atoms with Crippen LogP contribution in [0.5, 0.6) is 0 Å². The Morgan fingerprint density at radius 2 is 2.20 bits per heavy atom. The van der Waals surface area contributed by atoms with E-state index in [1.165, 1.54) is 0 Å². The summed E-state index contributed by atoms with van der Waals surface area (Å²) in [5.41, 5.74) is 0.0467. The van der Waals surface area contributed by atoms with Gasteiger partial charge in [-0.2, -0.15) is 5.26 Å². The van der Waals surface area contributed by atoms with Crippen LogP contribution in [0.1, 0.15) is 46.5 Å². The average molecular weight is 210 g/mol. The van der Waals surface area contributed by atoms with Crippen molar-refractivity contribution in [2.75, 3.05) is 6.61 Å². The number of nitrogens with zero attached hydrogens (tertiary/aromatic N) is 1. The van der Waals surface area contributed by atoms with Crippen LogP contribution in [0.3, 0.4) is 0 Å². The minimum atomic E-state index is -0.0560. The SMILES string of the molecule is CCC1(CC)CC(NC(C)C#N)CCO1. The van der Waals surface area contributed by atoms with Crippen molar-refractivity contribution in [3.05, 3.63) is 0 Å². The van der Waals surface area contributed by atoms with Crippen molar-refractivity contribution < 1.29 is 4.74 Å². The predicted octanol–water partition coefficient (Wildman–Crippen LogP) is 2.23. The summed E-state index contributed by atoms with van der Waals surface area (Å²) in [4.78, 5) is 0. The van der Waals surface area contributed by atoms with Gasteiger partial charge in [0.1, 0.15) is 0 Å². The van der Waals surface area contributed by atoms with E-state index in [2.05, 4.69) is 25.2 Å². The lowest BCUT2D eigenvalue weighted by Gasteiger charge is -2.40. The molecule has 3 nitrogen and oxygen atoms in total. The van der Waals surface area contributed by atoms with Crippen LogP contribution in [0.15, 0.2) is 0 Å². The predicted molar refractivity (Wildman–Crippen MR) is 60.5 cm³/mol. The lowest BCUT2D eigenvalue weighted by atomic mass is 9.85. The van der Waals surface area contributed by atoms with E-state index in [1.54, 1.807) is 0 Å². The van der Waals surface area contributed by atoms with Gasteiger partial charge >= 0.3 is 0 Å². The molecule has 15 heavy (non-hydrogen) atoms. The number of nitriles is 1. The molecule has 1 fully saturated rings. The highest BCUT2D eigenvalue weighted by molar-refractivity contribution is 4.93. The minimum absolute atomic E-state index is 0.0467. The summed E-state index contributed by atoms with van der Waals surface area (Å²) < 4.78 is 5.89. The molecule has 0 aromatic carbocycles. The first-order valence-corrected chi connectivity index (χ1v) is 5.95. The maximum absolute atomic E-state index is 8.77. The molecule has 0 bridgehead atoms. The largest absolute Gasteiger partial charge is 0.375 e. The smallest absolute Gasteiger partial charge is 0.0926 e. The average Bonchev–Trinajstić information content (AvgIpc) is 2.29. The van der Waals surface area contributed by atoms with E-state index in [4.69, 9.17) is 10.00 Å². The Morgan fingerprint density at radius 3 is 2.73 bits per heavy atom. The van der Waals surface area contributed by atoms with E-state index in [9.17, 15) is 0 Å². The van der Waals surface area contributed by atoms with Gasteiger partial charge in [-0.15, -0.1) is 0 Å². The topological polar surface area (TPSA) is 45.0 Å². The fourth-order valence-electron chi connectivity index (χ4n) is 2.30. The summed E-state index contributed by atoms with van der Waals surface area (Å²) in [6.45, 7) is 7.09. The van der Waals surface area contributed by atoms with Crippen molar-refractivity contribution in [1.29, 1.82) is 5.26 Å². The molecule has 1 aliphatic rings. The Bertz CT molecular complexity index is 230. The number of hydrogen-bond acceptors (Lipinski definition) is 3. The normalized spacial score (nSPS) is 26.9. The molecule has 3 heteroatoms. The molecule has 0 radical (unpaired) electrons. The fraction of sp³-hybridized carbons (Fsp3) is 0.917. The zero-order valence-corrected chi connectivity index (χ0v) is 10.0. The van der Waals surface area contributed by atoms with E-state index in [1.807, 2.05) is 6.92 Å². The maximum Gasteiger partial charge on any atom is 0.0926 e. The van der Waals surface area contributed by atoms with E-state index in [0.29, 0.717) is 6.04 Å². The van der Waals surface area contributed by atoms with Crippen molar-refractivity contribution in [3.63, 3.8) is 0 Å². The highest BCUT2D eigenvalue weighted by atomic mass is 16.5. The summed E-state index contributed by atoms with van der Waals surface area (Å²) in [7, 11) is 0. The van der Waals surface area contributed by atoms with Crippen LogP contribution in [0.2, 0.25) is 0 Å². The molecule has 0 amide bonds. The lowest BCUT2D eigenvalue weighted by Crippen LogP contribution is -2.48. The van der Waals surface area contributed by atoms with Crippen molar-refractivity contribution in [3.8, 4) is 6.07 Å². The first-order chi connectivity index (χ1) is 7.15. The molecule has 0 aromatic heterocycles. The molecule has 1 aliphatic heterocycles. The number of nitrogens with one attached hydrogen (secondary N) is 1. The van der Waals surface area contributed by atoms with Gasteiger partial charge in [-0.1, -0.05) is 13.8 Å². The first kappa shape index (κ1) is 12.5. The minimum Gasteiger partial charge on any atom is -0.375 e. The molecule has 0 spiro atoms. The summed E-state index contributed by atoms with van der Waals surface area (Å²) in [6.07, 6.45) is 4.17. The van der Waals surface area contributed by atoms with Crippen LogP contribution < -0.4 is 5.32 Å². The zero-order valence-electron chi connectivity index (χ0n) is 10.0. The van der Waals surface area contributed by atoms with Gasteiger partial charge in [0.2, 0.25) is 0 Å². The Hall–Kier alpha value is -0.590. The Kier molecular flexibility index (Phi) is 4.56. The maximum atomic E-state index is 8.77. The van der Waals surface area contributed by atoms with E-state index < -0.39 is 0 Å². The molecule has 2 atom stereocenters. The molecular weight excluding hydrogens is 188 g/mol. The summed E-state index contributed by atoms with van der Waals surface area (Å²) in [5, 5.41) is 12.1. The van der Waals surface area contributed by atoms with Gasteiger partial charge in [0.15, 0.2) is 0 Å². The standard InChI is InChI=1S/C12H22N2O/c1-4-12(5-2)8-11(6-7-15-12)14-10(3)9-13/h10-11,14H,4-8H2,1-3H3. The van der Waals surface area contributed by atoms with E-state index in [0.717, 1.165) is 32.3 Å². The second-order valence-electron chi connectivity index (χ2n) is 4.45. The molecule has 1 N–H and O–H groups in total. The molecule has 1 heterocycles. The third-order valence-corrected chi connectivity index (χ3v) is 3.46. The van der Waals surface area contributed by atoms with Gasteiger partial charge in [0.05, 0.1) is 17.7 Å². The summed E-state index contributed by atoms with van der Waals surface area (Å²) in [6, 6.07) is 2.61. The third-order valence-electron chi connectivity index (χ3n) is 3.46. The monoisotopic (exact) mass is 210 g/mol. The molecule has 86 valence electrons. The molecular formula is C12H22N2O. The highest BCUT2D eigenvalue weighted by Gasteiger charge is 2.34. The van der Waals surface area contributed by atoms with Gasteiger partial charge in [-0.05, 0) is 32.6 Å². The first-order valence-electron chi connectivity index (χ1n) is 5.95. The number of ether oxygens (including phenoxy) is 1. The van der Waals surface area contributed by atoms with Crippen LogP contribution >= 0.6 is 0 Å². The molecule has 0 saturated carbocycles. The van der Waals surface area contributed by atoms with Crippen molar-refractivity contribution in [1.82, 2.24) is 5.32 Å². The molecule has 1 rings (SSSR count). The van der Waals surface area contributed by atoms with E-state index in [-0.39, 0.29) is 11.6 Å². The van der Waals surface area contributed by atoms with Gasteiger partial charge < -0.3 is 4.74 Å². The number of rotatable bonds is 4. The Labute approximate surface area is 92.8 Å². The summed E-state index contributed by atoms with van der Waals surface area (Å²) >= 11 is 0.